The van der Waals surface area contributed by atoms with Crippen molar-refractivity contribution in [3.05, 3.63) is 30.3 Å². The number of anilines is 1. The van der Waals surface area contributed by atoms with Crippen molar-refractivity contribution in [2.45, 2.75) is 26.3 Å². The number of carbonyl (C=O) groups excluding carboxylic acids is 2. The highest BCUT2D eigenvalue weighted by Crippen LogP contribution is 2.25. The fourth-order valence-electron chi connectivity index (χ4n) is 2.41. The first kappa shape index (κ1) is 12.8. The average molecular weight is 246 g/mol. The molecule has 0 radical (unpaired) electrons. The smallest absolute Gasteiger partial charge is 0.251 e. The van der Waals surface area contributed by atoms with Crippen molar-refractivity contribution in [1.29, 1.82) is 0 Å². The zero-order valence-electron chi connectivity index (χ0n) is 10.8. The Hall–Kier alpha value is -1.68. The molecule has 0 aromatic heterocycles. The summed E-state index contributed by atoms with van der Waals surface area (Å²) in [5.41, 5.74) is 0.669. The van der Waals surface area contributed by atoms with E-state index in [0.717, 1.165) is 13.1 Å². The molecular formula is C14H18N2O2. The molecule has 0 N–H and O–H groups in total. The predicted octanol–water partition coefficient (Wildman–Crippen LogP) is 1.66. The molecule has 96 valence electrons. The van der Waals surface area contributed by atoms with Crippen LogP contribution in [0.2, 0.25) is 0 Å². The lowest BCUT2D eigenvalue weighted by Crippen LogP contribution is -2.41. The molecule has 0 saturated carbocycles. The third-order valence-electron chi connectivity index (χ3n) is 3.39. The van der Waals surface area contributed by atoms with Crippen LogP contribution in [0.25, 0.3) is 0 Å². The first-order chi connectivity index (χ1) is 8.69. The van der Waals surface area contributed by atoms with Crippen LogP contribution < -0.4 is 4.90 Å². The van der Waals surface area contributed by atoms with Crippen LogP contribution in [0.5, 0.6) is 0 Å². The lowest BCUT2D eigenvalue weighted by molar-refractivity contribution is -0.122. The van der Waals surface area contributed by atoms with Crippen molar-refractivity contribution in [1.82, 2.24) is 4.90 Å². The molecular weight excluding hydrogens is 228 g/mol. The van der Waals surface area contributed by atoms with Gasteiger partial charge in [-0.15, -0.1) is 0 Å². The van der Waals surface area contributed by atoms with Crippen LogP contribution in [-0.4, -0.2) is 35.8 Å². The lowest BCUT2D eigenvalue weighted by Gasteiger charge is -2.24. The normalized spacial score (nSPS) is 19.9. The molecule has 0 aliphatic carbocycles. The molecule has 1 aliphatic rings. The molecule has 1 aromatic rings. The van der Waals surface area contributed by atoms with E-state index in [2.05, 4.69) is 0 Å². The second kappa shape index (κ2) is 5.31. The Morgan fingerprint density at radius 2 is 1.78 bits per heavy atom. The number of para-hydroxylation sites is 1. The van der Waals surface area contributed by atoms with E-state index < -0.39 is 0 Å². The number of rotatable bonds is 4. The summed E-state index contributed by atoms with van der Waals surface area (Å²) in [6.07, 6.45) is 0.287. The van der Waals surface area contributed by atoms with Crippen LogP contribution in [0.1, 0.15) is 20.3 Å². The number of amides is 2. The zero-order valence-corrected chi connectivity index (χ0v) is 10.8. The van der Waals surface area contributed by atoms with Crippen LogP contribution >= 0.6 is 0 Å². The molecule has 4 nitrogen and oxygen atoms in total. The molecule has 0 unspecified atom stereocenters. The van der Waals surface area contributed by atoms with Gasteiger partial charge in [0, 0.05) is 0 Å². The van der Waals surface area contributed by atoms with Gasteiger partial charge in [0.05, 0.1) is 18.2 Å². The van der Waals surface area contributed by atoms with E-state index in [0.29, 0.717) is 5.69 Å². The van der Waals surface area contributed by atoms with Gasteiger partial charge in [0.2, 0.25) is 5.91 Å². The number of nitrogens with zero attached hydrogens (tertiary/aromatic N) is 2. The third kappa shape index (κ3) is 2.16. The SMILES string of the molecule is CCN(CC)[C@H]1CC(=O)N(c2ccccc2)C1=O. The Labute approximate surface area is 107 Å². The van der Waals surface area contributed by atoms with Crippen molar-refractivity contribution in [3.8, 4) is 0 Å². The highest BCUT2D eigenvalue weighted by Gasteiger charge is 2.41. The van der Waals surface area contributed by atoms with Gasteiger partial charge in [0.1, 0.15) is 0 Å². The molecule has 2 rings (SSSR count). The molecule has 1 aromatic carbocycles. The number of carbonyl (C=O) groups is 2. The van der Waals surface area contributed by atoms with Gasteiger partial charge >= 0.3 is 0 Å². The highest BCUT2D eigenvalue weighted by atomic mass is 16.2. The van der Waals surface area contributed by atoms with E-state index in [-0.39, 0.29) is 24.3 Å². The van der Waals surface area contributed by atoms with E-state index >= 15 is 0 Å². The van der Waals surface area contributed by atoms with Crippen molar-refractivity contribution in [2.75, 3.05) is 18.0 Å². The van der Waals surface area contributed by atoms with E-state index in [9.17, 15) is 9.59 Å². The van der Waals surface area contributed by atoms with Crippen LogP contribution in [0.4, 0.5) is 5.69 Å². The summed E-state index contributed by atoms with van der Waals surface area (Å²) in [5.74, 6) is -0.210. The topological polar surface area (TPSA) is 40.6 Å². The van der Waals surface area contributed by atoms with E-state index in [1.54, 1.807) is 12.1 Å². The molecule has 2 amide bonds. The van der Waals surface area contributed by atoms with Gasteiger partial charge in [0.25, 0.3) is 5.91 Å². The Morgan fingerprint density at radius 1 is 1.17 bits per heavy atom. The lowest BCUT2D eigenvalue weighted by atomic mass is 10.2. The summed E-state index contributed by atoms with van der Waals surface area (Å²) in [7, 11) is 0. The molecule has 0 spiro atoms. The van der Waals surface area contributed by atoms with E-state index in [1.807, 2.05) is 36.9 Å². The van der Waals surface area contributed by atoms with Gasteiger partial charge in [-0.2, -0.15) is 0 Å². The summed E-state index contributed by atoms with van der Waals surface area (Å²) in [6.45, 7) is 5.57. The average Bonchev–Trinajstić information content (AvgIpc) is 2.68. The van der Waals surface area contributed by atoms with Crippen molar-refractivity contribution in [2.24, 2.45) is 0 Å². The Balaban J connectivity index is 2.25. The van der Waals surface area contributed by atoms with Crippen LogP contribution in [0, 0.1) is 0 Å². The summed E-state index contributed by atoms with van der Waals surface area (Å²) >= 11 is 0. The van der Waals surface area contributed by atoms with Crippen molar-refractivity contribution < 1.29 is 9.59 Å². The Bertz CT molecular complexity index is 440. The number of hydrogen-bond acceptors (Lipinski definition) is 3. The second-order valence-corrected chi connectivity index (χ2v) is 4.34. The van der Waals surface area contributed by atoms with Crippen molar-refractivity contribution in [3.63, 3.8) is 0 Å². The summed E-state index contributed by atoms with van der Waals surface area (Å²) in [6, 6.07) is 8.83. The fraction of sp³-hybridized carbons (Fsp3) is 0.429. The summed E-state index contributed by atoms with van der Waals surface area (Å²) < 4.78 is 0. The first-order valence-electron chi connectivity index (χ1n) is 6.35. The van der Waals surface area contributed by atoms with Gasteiger partial charge < -0.3 is 0 Å². The Kier molecular flexibility index (Phi) is 3.77. The maximum absolute atomic E-state index is 12.3. The maximum Gasteiger partial charge on any atom is 0.251 e. The zero-order chi connectivity index (χ0) is 13.1. The molecule has 0 bridgehead atoms. The van der Waals surface area contributed by atoms with Gasteiger partial charge in [-0.25, -0.2) is 4.90 Å². The molecule has 1 saturated heterocycles. The molecule has 1 atom stereocenters. The minimum Gasteiger partial charge on any atom is -0.292 e. The van der Waals surface area contributed by atoms with E-state index in [4.69, 9.17) is 0 Å². The summed E-state index contributed by atoms with van der Waals surface area (Å²) in [4.78, 5) is 27.7. The molecule has 1 aliphatic heterocycles. The summed E-state index contributed by atoms with van der Waals surface area (Å²) in [5, 5.41) is 0. The quantitative estimate of drug-likeness (QED) is 0.759. The predicted molar refractivity (Wildman–Crippen MR) is 70.3 cm³/mol. The largest absolute Gasteiger partial charge is 0.292 e. The van der Waals surface area contributed by atoms with Gasteiger partial charge in [-0.1, -0.05) is 32.0 Å². The van der Waals surface area contributed by atoms with Crippen LogP contribution in [-0.2, 0) is 9.59 Å². The minimum atomic E-state index is -0.298. The van der Waals surface area contributed by atoms with Gasteiger partial charge in [-0.05, 0) is 25.2 Å². The minimum absolute atomic E-state index is 0.102. The van der Waals surface area contributed by atoms with Gasteiger partial charge in [0.15, 0.2) is 0 Å². The second-order valence-electron chi connectivity index (χ2n) is 4.34. The van der Waals surface area contributed by atoms with E-state index in [1.165, 1.54) is 4.90 Å². The monoisotopic (exact) mass is 246 g/mol. The Morgan fingerprint density at radius 3 is 2.33 bits per heavy atom. The number of benzene rings is 1. The molecule has 1 heterocycles. The first-order valence-corrected chi connectivity index (χ1v) is 6.35. The number of likely N-dealkylation sites (N-methyl/N-ethyl adjacent to an activating group) is 1. The van der Waals surface area contributed by atoms with Crippen LogP contribution in [0.15, 0.2) is 30.3 Å². The number of imide groups is 1. The third-order valence-corrected chi connectivity index (χ3v) is 3.39. The maximum atomic E-state index is 12.3. The molecule has 1 fully saturated rings. The standard InChI is InChI=1S/C14H18N2O2/c1-3-15(4-2)12-10-13(17)16(14(12)18)11-8-6-5-7-9-11/h5-9,12H,3-4,10H2,1-2H3/t12-/m0/s1. The van der Waals surface area contributed by atoms with Crippen LogP contribution in [0.3, 0.4) is 0 Å². The fourth-order valence-corrected chi connectivity index (χ4v) is 2.41. The van der Waals surface area contributed by atoms with Gasteiger partial charge in [-0.3, -0.25) is 14.5 Å². The number of hydrogen-bond donors (Lipinski definition) is 0. The van der Waals surface area contributed by atoms with Crippen molar-refractivity contribution >= 4 is 17.5 Å². The highest BCUT2D eigenvalue weighted by molar-refractivity contribution is 6.22. The molecule has 4 heteroatoms. The molecule has 18 heavy (non-hydrogen) atoms.